The van der Waals surface area contributed by atoms with Gasteiger partial charge in [-0.25, -0.2) is 0 Å². The molecular weight excluding hydrogens is 333 g/mol. The molecule has 0 saturated heterocycles. The van der Waals surface area contributed by atoms with Crippen molar-refractivity contribution >= 4 is 21.7 Å². The fourth-order valence-corrected chi connectivity index (χ4v) is 2.17. The predicted molar refractivity (Wildman–Crippen MR) is 73.8 cm³/mol. The standard InChI is InChI=1S/C15H10BrF3O/c1-9-2-4-10(5-3-9)14(20)12-7-6-11(16)8-13(12)15(17,18)19/h2-8H,1H3. The topological polar surface area (TPSA) is 17.1 Å². The van der Waals surface area contributed by atoms with Crippen LogP contribution in [-0.4, -0.2) is 5.78 Å². The first-order valence-corrected chi connectivity index (χ1v) is 6.56. The molecular formula is C15H10BrF3O. The van der Waals surface area contributed by atoms with E-state index < -0.39 is 17.5 Å². The molecule has 0 amide bonds. The third-order valence-electron chi connectivity index (χ3n) is 2.85. The van der Waals surface area contributed by atoms with Crippen molar-refractivity contribution in [3.63, 3.8) is 0 Å². The zero-order valence-electron chi connectivity index (χ0n) is 10.5. The van der Waals surface area contributed by atoms with Crippen LogP contribution in [0.1, 0.15) is 27.0 Å². The summed E-state index contributed by atoms with van der Waals surface area (Å²) in [7, 11) is 0. The molecule has 0 radical (unpaired) electrons. The van der Waals surface area contributed by atoms with Crippen molar-refractivity contribution in [2.24, 2.45) is 0 Å². The number of benzene rings is 2. The van der Waals surface area contributed by atoms with E-state index in [1.54, 1.807) is 12.1 Å². The van der Waals surface area contributed by atoms with Crippen molar-refractivity contribution in [2.75, 3.05) is 0 Å². The minimum absolute atomic E-state index is 0.239. The summed E-state index contributed by atoms with van der Waals surface area (Å²) in [4.78, 5) is 12.2. The summed E-state index contributed by atoms with van der Waals surface area (Å²) in [6, 6.07) is 9.98. The Balaban J connectivity index is 2.52. The first-order chi connectivity index (χ1) is 9.29. The van der Waals surface area contributed by atoms with Gasteiger partial charge in [-0.15, -0.1) is 0 Å². The van der Waals surface area contributed by atoms with Crippen LogP contribution in [0.2, 0.25) is 0 Å². The molecule has 104 valence electrons. The van der Waals surface area contributed by atoms with Gasteiger partial charge in [0.2, 0.25) is 0 Å². The van der Waals surface area contributed by atoms with Gasteiger partial charge in [0.15, 0.2) is 5.78 Å². The molecule has 0 atom stereocenters. The number of alkyl halides is 3. The van der Waals surface area contributed by atoms with Gasteiger partial charge in [-0.1, -0.05) is 45.8 Å². The highest BCUT2D eigenvalue weighted by atomic mass is 79.9. The molecule has 2 rings (SSSR count). The SMILES string of the molecule is Cc1ccc(C(=O)c2ccc(Br)cc2C(F)(F)F)cc1. The summed E-state index contributed by atoms with van der Waals surface area (Å²) in [5.74, 6) is -0.634. The Hall–Kier alpha value is -1.62. The van der Waals surface area contributed by atoms with E-state index in [2.05, 4.69) is 15.9 Å². The Bertz CT molecular complexity index is 645. The van der Waals surface area contributed by atoms with Crippen LogP contribution in [-0.2, 0) is 6.18 Å². The average Bonchev–Trinajstić information content (AvgIpc) is 2.38. The Kier molecular flexibility index (Phi) is 3.99. The zero-order valence-corrected chi connectivity index (χ0v) is 12.0. The summed E-state index contributed by atoms with van der Waals surface area (Å²) < 4.78 is 39.3. The molecule has 0 fully saturated rings. The Morgan fingerprint density at radius 1 is 1.05 bits per heavy atom. The summed E-state index contributed by atoms with van der Waals surface area (Å²) in [5.41, 5.74) is -0.0983. The van der Waals surface area contributed by atoms with Gasteiger partial charge >= 0.3 is 6.18 Å². The number of hydrogen-bond donors (Lipinski definition) is 0. The molecule has 0 aromatic heterocycles. The number of carbonyl (C=O) groups is 1. The molecule has 2 aromatic rings. The van der Waals surface area contributed by atoms with Crippen molar-refractivity contribution in [3.8, 4) is 0 Å². The number of ketones is 1. The molecule has 0 aliphatic rings. The van der Waals surface area contributed by atoms with Crippen LogP contribution in [0.3, 0.4) is 0 Å². The van der Waals surface area contributed by atoms with E-state index in [-0.39, 0.29) is 15.6 Å². The Morgan fingerprint density at radius 2 is 1.65 bits per heavy atom. The van der Waals surface area contributed by atoms with E-state index in [1.165, 1.54) is 24.3 Å². The van der Waals surface area contributed by atoms with Crippen molar-refractivity contribution < 1.29 is 18.0 Å². The van der Waals surface area contributed by atoms with Crippen molar-refractivity contribution in [1.82, 2.24) is 0 Å². The number of rotatable bonds is 2. The third-order valence-corrected chi connectivity index (χ3v) is 3.34. The van der Waals surface area contributed by atoms with Crippen LogP contribution in [0.4, 0.5) is 13.2 Å². The molecule has 0 aliphatic carbocycles. The highest BCUT2D eigenvalue weighted by Gasteiger charge is 2.35. The number of hydrogen-bond acceptors (Lipinski definition) is 1. The maximum Gasteiger partial charge on any atom is 0.417 e. The monoisotopic (exact) mass is 342 g/mol. The first kappa shape index (κ1) is 14.8. The van der Waals surface area contributed by atoms with Gasteiger partial charge in [-0.05, 0) is 25.1 Å². The Morgan fingerprint density at radius 3 is 2.20 bits per heavy atom. The number of halogens is 4. The normalized spacial score (nSPS) is 11.4. The molecule has 0 saturated carbocycles. The third kappa shape index (κ3) is 3.10. The lowest BCUT2D eigenvalue weighted by atomic mass is 9.97. The van der Waals surface area contributed by atoms with Gasteiger partial charge in [0, 0.05) is 15.6 Å². The molecule has 2 aromatic carbocycles. The van der Waals surface area contributed by atoms with Gasteiger partial charge in [0.05, 0.1) is 5.56 Å². The fourth-order valence-electron chi connectivity index (χ4n) is 1.81. The second kappa shape index (κ2) is 5.40. The number of aryl methyl sites for hydroxylation is 1. The van der Waals surface area contributed by atoms with Crippen LogP contribution in [0.25, 0.3) is 0 Å². The van der Waals surface area contributed by atoms with Gasteiger partial charge < -0.3 is 0 Å². The molecule has 1 nitrogen and oxygen atoms in total. The zero-order chi connectivity index (χ0) is 14.9. The van der Waals surface area contributed by atoms with Gasteiger partial charge in [0.25, 0.3) is 0 Å². The average molecular weight is 343 g/mol. The van der Waals surface area contributed by atoms with E-state index in [9.17, 15) is 18.0 Å². The molecule has 0 aliphatic heterocycles. The highest BCUT2D eigenvalue weighted by Crippen LogP contribution is 2.34. The number of carbonyl (C=O) groups excluding carboxylic acids is 1. The lowest BCUT2D eigenvalue weighted by Crippen LogP contribution is -2.14. The van der Waals surface area contributed by atoms with Crippen LogP contribution < -0.4 is 0 Å². The van der Waals surface area contributed by atoms with E-state index in [0.717, 1.165) is 11.6 Å². The molecule has 20 heavy (non-hydrogen) atoms. The molecule has 0 heterocycles. The largest absolute Gasteiger partial charge is 0.417 e. The van der Waals surface area contributed by atoms with Crippen molar-refractivity contribution in [2.45, 2.75) is 13.1 Å². The van der Waals surface area contributed by atoms with Crippen LogP contribution in [0, 0.1) is 6.92 Å². The van der Waals surface area contributed by atoms with E-state index in [4.69, 9.17) is 0 Å². The summed E-state index contributed by atoms with van der Waals surface area (Å²) in [6.07, 6.45) is -4.57. The van der Waals surface area contributed by atoms with Crippen molar-refractivity contribution in [3.05, 3.63) is 69.2 Å². The predicted octanol–water partition coefficient (Wildman–Crippen LogP) is 5.01. The molecule has 0 bridgehead atoms. The summed E-state index contributed by atoms with van der Waals surface area (Å²) in [6.45, 7) is 1.84. The second-order valence-corrected chi connectivity index (χ2v) is 5.30. The van der Waals surface area contributed by atoms with Crippen molar-refractivity contribution in [1.29, 1.82) is 0 Å². The lowest BCUT2D eigenvalue weighted by molar-refractivity contribution is -0.137. The van der Waals surface area contributed by atoms with Crippen LogP contribution >= 0.6 is 15.9 Å². The maximum atomic E-state index is 13.0. The van der Waals surface area contributed by atoms with Gasteiger partial charge in [-0.2, -0.15) is 13.2 Å². The minimum atomic E-state index is -4.57. The smallest absolute Gasteiger partial charge is 0.289 e. The second-order valence-electron chi connectivity index (χ2n) is 4.38. The van der Waals surface area contributed by atoms with Gasteiger partial charge in [-0.3, -0.25) is 4.79 Å². The first-order valence-electron chi connectivity index (χ1n) is 5.77. The highest BCUT2D eigenvalue weighted by molar-refractivity contribution is 9.10. The van der Waals surface area contributed by atoms with Crippen LogP contribution in [0.5, 0.6) is 0 Å². The van der Waals surface area contributed by atoms with Crippen LogP contribution in [0.15, 0.2) is 46.9 Å². The lowest BCUT2D eigenvalue weighted by Gasteiger charge is -2.12. The molecule has 5 heteroatoms. The summed E-state index contributed by atoms with van der Waals surface area (Å²) in [5, 5.41) is 0. The fraction of sp³-hybridized carbons (Fsp3) is 0.133. The van der Waals surface area contributed by atoms with E-state index in [0.29, 0.717) is 0 Å². The molecule has 0 unspecified atom stereocenters. The summed E-state index contributed by atoms with van der Waals surface area (Å²) >= 11 is 2.99. The molecule has 0 N–H and O–H groups in total. The maximum absolute atomic E-state index is 13.0. The minimum Gasteiger partial charge on any atom is -0.289 e. The van der Waals surface area contributed by atoms with E-state index in [1.807, 2.05) is 6.92 Å². The molecule has 0 spiro atoms. The Labute approximate surface area is 122 Å². The quantitative estimate of drug-likeness (QED) is 0.701. The van der Waals surface area contributed by atoms with Gasteiger partial charge in [0.1, 0.15) is 0 Å². The van der Waals surface area contributed by atoms with E-state index >= 15 is 0 Å².